The molecule has 2 N–H and O–H groups in total. The molecule has 0 aromatic rings. The zero-order valence-corrected chi connectivity index (χ0v) is 6.29. The van der Waals surface area contributed by atoms with E-state index < -0.39 is 6.29 Å². The average Bonchev–Trinajstić information content (AvgIpc) is 1.89. The lowest BCUT2D eigenvalue weighted by molar-refractivity contribution is -0.0413. The quantitative estimate of drug-likeness (QED) is 0.539. The van der Waals surface area contributed by atoms with E-state index in [0.29, 0.717) is 6.42 Å². The second-order valence-electron chi connectivity index (χ2n) is 1.47. The lowest BCUT2D eigenvalue weighted by atomic mass is 10.5. The van der Waals surface area contributed by atoms with E-state index in [4.69, 9.17) is 10.2 Å². The first-order valence-electron chi connectivity index (χ1n) is 3.04. The van der Waals surface area contributed by atoms with Crippen LogP contribution in [0.5, 0.6) is 0 Å². The summed E-state index contributed by atoms with van der Waals surface area (Å²) in [5, 5.41) is 15.8. The predicted octanol–water partition coefficient (Wildman–Crippen LogP) is 0.360. The van der Waals surface area contributed by atoms with Crippen LogP contribution in [0.2, 0.25) is 0 Å². The van der Waals surface area contributed by atoms with E-state index in [-0.39, 0.29) is 0 Å². The van der Waals surface area contributed by atoms with Crippen molar-refractivity contribution in [3.8, 4) is 0 Å². The van der Waals surface area contributed by atoms with E-state index in [0.717, 1.165) is 6.61 Å². The molecule has 0 saturated carbocycles. The molecule has 9 heavy (non-hydrogen) atoms. The van der Waals surface area contributed by atoms with Gasteiger partial charge in [-0.25, -0.2) is 0 Å². The molecule has 58 valence electrons. The molecule has 0 spiro atoms. The van der Waals surface area contributed by atoms with Crippen LogP contribution in [0.3, 0.4) is 0 Å². The number of hydrogen-bond donors (Lipinski definition) is 2. The Kier molecular flexibility index (Phi) is 14.0. The molecule has 0 bridgehead atoms. The Labute approximate surface area is 56.3 Å². The zero-order valence-electron chi connectivity index (χ0n) is 6.29. The average molecular weight is 136 g/mol. The maximum absolute atomic E-state index is 7.92. The van der Waals surface area contributed by atoms with Crippen LogP contribution in [0, 0.1) is 0 Å². The minimum absolute atomic E-state index is 0.417. The Hall–Kier alpha value is -0.120. The molecule has 0 heterocycles. The summed E-state index contributed by atoms with van der Waals surface area (Å²) in [6.45, 7) is 4.48. The molecule has 0 radical (unpaired) electrons. The fraction of sp³-hybridized carbons (Fsp3) is 1.00. The van der Waals surface area contributed by atoms with Crippen molar-refractivity contribution in [1.29, 1.82) is 0 Å². The molecular formula is C6H16O3. The van der Waals surface area contributed by atoms with Crippen LogP contribution in [0.15, 0.2) is 0 Å². The first-order chi connectivity index (χ1) is 4.18. The fourth-order valence-electron chi connectivity index (χ4n) is 0. The van der Waals surface area contributed by atoms with Gasteiger partial charge in [-0.05, 0) is 13.3 Å². The molecule has 0 aliphatic rings. The topological polar surface area (TPSA) is 49.7 Å². The third-order valence-electron chi connectivity index (χ3n) is 0.654. The second kappa shape index (κ2) is 10.8. The summed E-state index contributed by atoms with van der Waals surface area (Å²) in [6.07, 6.45) is -0.699. The number of aliphatic hydroxyl groups is 2. The Balaban J connectivity index is 0. The number of rotatable bonds is 2. The van der Waals surface area contributed by atoms with Gasteiger partial charge < -0.3 is 14.9 Å². The normalized spacial score (nSPS) is 8.67. The van der Waals surface area contributed by atoms with Gasteiger partial charge in [0.15, 0.2) is 6.29 Å². The molecule has 0 aliphatic heterocycles. The highest BCUT2D eigenvalue weighted by Crippen LogP contribution is 1.77. The summed E-state index contributed by atoms with van der Waals surface area (Å²) in [7, 11) is 1.68. The van der Waals surface area contributed by atoms with E-state index >= 15 is 0 Å². The molecule has 3 nitrogen and oxygen atoms in total. The number of methoxy groups -OCH3 is 1. The smallest absolute Gasteiger partial charge is 0.151 e. The summed E-state index contributed by atoms with van der Waals surface area (Å²) < 4.78 is 4.54. The summed E-state index contributed by atoms with van der Waals surface area (Å²) in [5.41, 5.74) is 0. The molecular weight excluding hydrogens is 120 g/mol. The van der Waals surface area contributed by atoms with Crippen LogP contribution in [-0.4, -0.2) is 30.2 Å². The minimum atomic E-state index is -1.12. The molecule has 0 fully saturated rings. The molecule has 3 heteroatoms. The van der Waals surface area contributed by atoms with Gasteiger partial charge in [0.05, 0.1) is 0 Å². The maximum atomic E-state index is 7.92. The van der Waals surface area contributed by atoms with E-state index in [1.165, 1.54) is 0 Å². The Morgan fingerprint density at radius 3 is 1.56 bits per heavy atom. The van der Waals surface area contributed by atoms with Crippen molar-refractivity contribution in [3.63, 3.8) is 0 Å². The van der Waals surface area contributed by atoms with Crippen LogP contribution in [0.4, 0.5) is 0 Å². The third-order valence-corrected chi connectivity index (χ3v) is 0.654. The van der Waals surface area contributed by atoms with Crippen LogP contribution in [-0.2, 0) is 4.74 Å². The number of aliphatic hydroxyl groups excluding tert-OH is 1. The Morgan fingerprint density at radius 2 is 1.56 bits per heavy atom. The van der Waals surface area contributed by atoms with E-state index in [1.54, 1.807) is 14.0 Å². The maximum Gasteiger partial charge on any atom is 0.151 e. The van der Waals surface area contributed by atoms with Crippen molar-refractivity contribution in [1.82, 2.24) is 0 Å². The minimum Gasteiger partial charge on any atom is -0.385 e. The van der Waals surface area contributed by atoms with Gasteiger partial charge in [0.2, 0.25) is 0 Å². The van der Waals surface area contributed by atoms with Crippen molar-refractivity contribution in [2.24, 2.45) is 0 Å². The van der Waals surface area contributed by atoms with Crippen molar-refractivity contribution >= 4 is 0 Å². The van der Waals surface area contributed by atoms with Gasteiger partial charge in [0, 0.05) is 13.7 Å². The second-order valence-corrected chi connectivity index (χ2v) is 1.47. The van der Waals surface area contributed by atoms with Crippen molar-refractivity contribution < 1.29 is 14.9 Å². The monoisotopic (exact) mass is 136 g/mol. The number of hydrogen-bond acceptors (Lipinski definition) is 3. The van der Waals surface area contributed by atoms with E-state index in [1.807, 2.05) is 6.92 Å². The van der Waals surface area contributed by atoms with Crippen LogP contribution in [0.25, 0.3) is 0 Å². The SMILES string of the molecule is CCC(O)O.CCOC. The number of ether oxygens (including phenoxy) is 1. The fourth-order valence-corrected chi connectivity index (χ4v) is 0. The van der Waals surface area contributed by atoms with Gasteiger partial charge in [-0.2, -0.15) is 0 Å². The van der Waals surface area contributed by atoms with Gasteiger partial charge in [-0.15, -0.1) is 0 Å². The molecule has 0 amide bonds. The molecule has 0 saturated heterocycles. The predicted molar refractivity (Wildman–Crippen MR) is 36.1 cm³/mol. The zero-order chi connectivity index (χ0) is 7.70. The van der Waals surface area contributed by atoms with E-state index in [9.17, 15) is 0 Å². The highest BCUT2D eigenvalue weighted by molar-refractivity contribution is 4.21. The van der Waals surface area contributed by atoms with Crippen LogP contribution < -0.4 is 0 Å². The molecule has 0 unspecified atom stereocenters. The van der Waals surface area contributed by atoms with Gasteiger partial charge in [-0.3, -0.25) is 0 Å². The van der Waals surface area contributed by atoms with Gasteiger partial charge in [0.1, 0.15) is 0 Å². The van der Waals surface area contributed by atoms with Gasteiger partial charge in [-0.1, -0.05) is 6.92 Å². The lowest BCUT2D eigenvalue weighted by Crippen LogP contribution is -1.99. The standard InChI is InChI=1S/C3H8O2.C3H8O/c1-2-3(4)5;1-3-4-2/h3-5H,2H2,1H3;3H2,1-2H3. The summed E-state index contributed by atoms with van der Waals surface area (Å²) >= 11 is 0. The summed E-state index contributed by atoms with van der Waals surface area (Å²) in [5.74, 6) is 0. The summed E-state index contributed by atoms with van der Waals surface area (Å²) in [4.78, 5) is 0. The van der Waals surface area contributed by atoms with Gasteiger partial charge >= 0.3 is 0 Å². The first kappa shape index (κ1) is 11.6. The van der Waals surface area contributed by atoms with Crippen LogP contribution in [0.1, 0.15) is 20.3 Å². The molecule has 0 rings (SSSR count). The Bertz CT molecular complexity index is 35.3. The summed E-state index contributed by atoms with van der Waals surface area (Å²) in [6, 6.07) is 0. The van der Waals surface area contributed by atoms with E-state index in [2.05, 4.69) is 4.74 Å². The van der Waals surface area contributed by atoms with Crippen LogP contribution >= 0.6 is 0 Å². The Morgan fingerprint density at radius 1 is 1.33 bits per heavy atom. The molecule has 0 aliphatic carbocycles. The molecule has 0 aromatic heterocycles. The third kappa shape index (κ3) is 32.8. The van der Waals surface area contributed by atoms with Crippen molar-refractivity contribution in [3.05, 3.63) is 0 Å². The lowest BCUT2D eigenvalue weighted by Gasteiger charge is -1.90. The molecule has 0 aromatic carbocycles. The van der Waals surface area contributed by atoms with Crippen molar-refractivity contribution in [2.75, 3.05) is 13.7 Å². The highest BCUT2D eigenvalue weighted by Gasteiger charge is 1.83. The first-order valence-corrected chi connectivity index (χ1v) is 3.04. The van der Waals surface area contributed by atoms with Gasteiger partial charge in [0.25, 0.3) is 0 Å². The van der Waals surface area contributed by atoms with Crippen molar-refractivity contribution in [2.45, 2.75) is 26.6 Å². The highest BCUT2D eigenvalue weighted by atomic mass is 16.5. The largest absolute Gasteiger partial charge is 0.385 e. The molecule has 0 atom stereocenters.